The van der Waals surface area contributed by atoms with Gasteiger partial charge in [0.1, 0.15) is 5.82 Å². The fourth-order valence-electron chi connectivity index (χ4n) is 1.91. The molecule has 2 rings (SSSR count). The summed E-state index contributed by atoms with van der Waals surface area (Å²) in [6.07, 6.45) is 1.97. The van der Waals surface area contributed by atoms with Gasteiger partial charge in [0, 0.05) is 10.0 Å². The van der Waals surface area contributed by atoms with Gasteiger partial charge in [0.25, 0.3) is 0 Å². The number of hydrogen-bond donors (Lipinski definition) is 1. The van der Waals surface area contributed by atoms with Crippen LogP contribution in [0.1, 0.15) is 24.6 Å². The van der Waals surface area contributed by atoms with E-state index in [1.54, 1.807) is 0 Å². The molecule has 0 radical (unpaired) electrons. The third kappa shape index (κ3) is 3.25. The summed E-state index contributed by atoms with van der Waals surface area (Å²) in [7, 11) is 0. The third-order valence-corrected chi connectivity index (χ3v) is 4.53. The first-order valence-electron chi connectivity index (χ1n) is 6.11. The molecule has 1 aromatic carbocycles. The minimum absolute atomic E-state index is 0.566. The summed E-state index contributed by atoms with van der Waals surface area (Å²) >= 11 is 5.69. The molecule has 0 bridgehead atoms. The zero-order chi connectivity index (χ0) is 14.0. The largest absolute Gasteiger partial charge is 0.383 e. The minimum atomic E-state index is 0.566. The minimum Gasteiger partial charge on any atom is -0.383 e. The molecule has 1 heterocycles. The second-order valence-corrected chi connectivity index (χ2v) is 6.40. The molecule has 0 fully saturated rings. The van der Waals surface area contributed by atoms with Gasteiger partial charge < -0.3 is 5.73 Å². The zero-order valence-corrected chi connectivity index (χ0v) is 14.6. The van der Waals surface area contributed by atoms with Crippen LogP contribution in [-0.4, -0.2) is 9.97 Å². The molecule has 0 atom stereocenters. The number of benzene rings is 1. The number of nitrogen functional groups attached to an aromatic ring is 1. The Hall–Kier alpha value is -0.690. The van der Waals surface area contributed by atoms with Crippen molar-refractivity contribution in [2.45, 2.75) is 26.7 Å². The molecular weight excluding hydrogens is 417 g/mol. The fourth-order valence-corrected chi connectivity index (χ4v) is 2.90. The fraction of sp³-hybridized carbons (Fsp3) is 0.286. The Bertz CT molecular complexity index is 614. The molecule has 5 heteroatoms. The lowest BCUT2D eigenvalue weighted by atomic mass is 10.1. The maximum absolute atomic E-state index is 6.00. The first-order chi connectivity index (χ1) is 9.02. The molecule has 0 saturated carbocycles. The summed E-state index contributed by atoms with van der Waals surface area (Å²) in [5.74, 6) is 1.28. The van der Waals surface area contributed by atoms with Gasteiger partial charge in [-0.3, -0.25) is 0 Å². The maximum Gasteiger partial charge on any atom is 0.162 e. The van der Waals surface area contributed by atoms with Gasteiger partial charge in [0.2, 0.25) is 0 Å². The molecule has 0 aliphatic heterocycles. The Balaban J connectivity index is 2.56. The van der Waals surface area contributed by atoms with Crippen LogP contribution in [0.3, 0.4) is 0 Å². The molecule has 100 valence electrons. The summed E-state index contributed by atoms with van der Waals surface area (Å²) < 4.78 is 2.03. The Kier molecular flexibility index (Phi) is 4.78. The van der Waals surface area contributed by atoms with Crippen molar-refractivity contribution in [1.82, 2.24) is 9.97 Å². The van der Waals surface area contributed by atoms with Crippen LogP contribution in [0.2, 0.25) is 0 Å². The van der Waals surface area contributed by atoms with Crippen molar-refractivity contribution in [3.63, 3.8) is 0 Å². The lowest BCUT2D eigenvalue weighted by Gasteiger charge is -2.10. The van der Waals surface area contributed by atoms with Crippen molar-refractivity contribution in [2.75, 3.05) is 5.73 Å². The summed E-state index contributed by atoms with van der Waals surface area (Å²) in [4.78, 5) is 9.09. The van der Waals surface area contributed by atoms with Crippen LogP contribution in [0.4, 0.5) is 5.82 Å². The molecular formula is C14H15BrIN3. The van der Waals surface area contributed by atoms with Crippen molar-refractivity contribution in [3.05, 3.63) is 37.5 Å². The van der Waals surface area contributed by atoms with E-state index in [2.05, 4.69) is 68.4 Å². The Morgan fingerprint density at radius 1 is 1.32 bits per heavy atom. The van der Waals surface area contributed by atoms with E-state index >= 15 is 0 Å². The first-order valence-corrected chi connectivity index (χ1v) is 7.98. The predicted molar refractivity (Wildman–Crippen MR) is 91.0 cm³/mol. The summed E-state index contributed by atoms with van der Waals surface area (Å²) in [6, 6.07) is 6.09. The second kappa shape index (κ2) is 6.17. The van der Waals surface area contributed by atoms with Crippen LogP contribution < -0.4 is 5.73 Å². The monoisotopic (exact) mass is 431 g/mol. The summed E-state index contributed by atoms with van der Waals surface area (Å²) in [6.45, 7) is 4.19. The Morgan fingerprint density at radius 3 is 2.68 bits per heavy atom. The van der Waals surface area contributed by atoms with Gasteiger partial charge in [0.05, 0.1) is 9.26 Å². The highest BCUT2D eigenvalue weighted by atomic mass is 127. The van der Waals surface area contributed by atoms with E-state index in [4.69, 9.17) is 5.73 Å². The Morgan fingerprint density at radius 2 is 2.05 bits per heavy atom. The standard InChI is InChI=1S/C14H15BrIN3/c1-3-4-11-12(16)13(17)19-14(18-11)10-6-5-9(15)7-8(10)2/h5-7H,3-4H2,1-2H3,(H2,17,18,19). The number of aryl methyl sites for hydroxylation is 2. The number of anilines is 1. The number of aromatic nitrogens is 2. The normalized spacial score (nSPS) is 10.7. The number of hydrogen-bond acceptors (Lipinski definition) is 3. The van der Waals surface area contributed by atoms with Gasteiger partial charge in [-0.25, -0.2) is 9.97 Å². The highest BCUT2D eigenvalue weighted by Crippen LogP contribution is 2.27. The molecule has 1 aromatic heterocycles. The van der Waals surface area contributed by atoms with Crippen molar-refractivity contribution < 1.29 is 0 Å². The van der Waals surface area contributed by atoms with Gasteiger partial charge in [-0.05, 0) is 59.7 Å². The smallest absolute Gasteiger partial charge is 0.162 e. The molecule has 0 unspecified atom stereocenters. The van der Waals surface area contributed by atoms with E-state index in [1.165, 1.54) is 0 Å². The average Bonchev–Trinajstić information content (AvgIpc) is 2.35. The highest BCUT2D eigenvalue weighted by molar-refractivity contribution is 14.1. The van der Waals surface area contributed by atoms with E-state index in [-0.39, 0.29) is 0 Å². The number of halogens is 2. The SMILES string of the molecule is CCCc1nc(-c2ccc(Br)cc2C)nc(N)c1I. The topological polar surface area (TPSA) is 51.8 Å². The van der Waals surface area contributed by atoms with Gasteiger partial charge in [0.15, 0.2) is 5.82 Å². The highest BCUT2D eigenvalue weighted by Gasteiger charge is 2.12. The van der Waals surface area contributed by atoms with Gasteiger partial charge in [-0.1, -0.05) is 29.3 Å². The lowest BCUT2D eigenvalue weighted by Crippen LogP contribution is -2.05. The summed E-state index contributed by atoms with van der Waals surface area (Å²) in [5, 5.41) is 0. The molecule has 3 nitrogen and oxygen atoms in total. The maximum atomic E-state index is 6.00. The van der Waals surface area contributed by atoms with E-state index in [1.807, 2.05) is 12.1 Å². The van der Waals surface area contributed by atoms with Gasteiger partial charge in [-0.2, -0.15) is 0 Å². The molecule has 0 aliphatic rings. The van der Waals surface area contributed by atoms with Crippen molar-refractivity contribution in [2.24, 2.45) is 0 Å². The predicted octanol–water partition coefficient (Wildman–Crippen LogP) is 4.35. The summed E-state index contributed by atoms with van der Waals surface area (Å²) in [5.41, 5.74) is 9.20. The van der Waals surface area contributed by atoms with Crippen LogP contribution in [0, 0.1) is 10.5 Å². The third-order valence-electron chi connectivity index (χ3n) is 2.86. The zero-order valence-electron chi connectivity index (χ0n) is 10.9. The number of rotatable bonds is 3. The van der Waals surface area contributed by atoms with Crippen LogP contribution in [0.15, 0.2) is 22.7 Å². The number of nitrogens with two attached hydrogens (primary N) is 1. The number of nitrogens with zero attached hydrogens (tertiary/aromatic N) is 2. The molecule has 2 aromatic rings. The van der Waals surface area contributed by atoms with E-state index < -0.39 is 0 Å². The second-order valence-electron chi connectivity index (χ2n) is 4.40. The van der Waals surface area contributed by atoms with Crippen LogP contribution in [0.5, 0.6) is 0 Å². The van der Waals surface area contributed by atoms with Crippen LogP contribution >= 0.6 is 38.5 Å². The van der Waals surface area contributed by atoms with E-state index in [0.717, 1.165) is 37.7 Å². The first kappa shape index (κ1) is 14.7. The van der Waals surface area contributed by atoms with Crippen LogP contribution in [0.25, 0.3) is 11.4 Å². The molecule has 0 aliphatic carbocycles. The molecule has 2 N–H and O–H groups in total. The lowest BCUT2D eigenvalue weighted by molar-refractivity contribution is 0.869. The van der Waals surface area contributed by atoms with E-state index in [0.29, 0.717) is 11.6 Å². The molecule has 0 spiro atoms. The van der Waals surface area contributed by atoms with Crippen molar-refractivity contribution in [1.29, 1.82) is 0 Å². The molecule has 19 heavy (non-hydrogen) atoms. The van der Waals surface area contributed by atoms with Crippen LogP contribution in [-0.2, 0) is 6.42 Å². The van der Waals surface area contributed by atoms with Crippen molar-refractivity contribution in [3.8, 4) is 11.4 Å². The van der Waals surface area contributed by atoms with Gasteiger partial charge in [-0.15, -0.1) is 0 Å². The average molecular weight is 432 g/mol. The van der Waals surface area contributed by atoms with Gasteiger partial charge >= 0.3 is 0 Å². The Labute approximate surface area is 135 Å². The van der Waals surface area contributed by atoms with Crippen molar-refractivity contribution >= 4 is 44.3 Å². The molecule has 0 amide bonds. The molecule has 0 saturated heterocycles. The van der Waals surface area contributed by atoms with E-state index in [9.17, 15) is 0 Å². The quantitative estimate of drug-likeness (QED) is 0.734.